The van der Waals surface area contributed by atoms with Crippen LogP contribution in [0.3, 0.4) is 0 Å². The molecule has 0 radical (unpaired) electrons. The van der Waals surface area contributed by atoms with Crippen molar-refractivity contribution in [2.45, 2.75) is 32.6 Å². The molecule has 0 saturated carbocycles. The fourth-order valence-corrected chi connectivity index (χ4v) is 3.10. The first-order chi connectivity index (χ1) is 7.44. The summed E-state index contributed by atoms with van der Waals surface area (Å²) in [7, 11) is -1.21. The molecule has 0 saturated heterocycles. The van der Waals surface area contributed by atoms with E-state index in [9.17, 15) is 4.79 Å². The Bertz CT molecular complexity index is 366. The van der Waals surface area contributed by atoms with E-state index < -0.39 is 8.07 Å². The van der Waals surface area contributed by atoms with Crippen LogP contribution < -0.4 is 0 Å². The molecule has 88 valence electrons. The molecule has 0 unspecified atom stereocenters. The summed E-state index contributed by atoms with van der Waals surface area (Å²) in [6, 6.07) is 8.78. The van der Waals surface area contributed by atoms with Gasteiger partial charge < -0.3 is 4.74 Å². The van der Waals surface area contributed by atoms with Gasteiger partial charge >= 0.3 is 5.97 Å². The topological polar surface area (TPSA) is 26.3 Å². The van der Waals surface area contributed by atoms with Gasteiger partial charge in [-0.05, 0) is 24.6 Å². The van der Waals surface area contributed by atoms with E-state index in [1.165, 1.54) is 0 Å². The van der Waals surface area contributed by atoms with Gasteiger partial charge in [0.05, 0.1) is 12.2 Å². The standard InChI is InChI=1S/C13H20O2Si/c1-5-15-13(14)12-9-7-6-8-11(12)10-16(2,3)4/h6-9H,5,10H2,1-4H3. The van der Waals surface area contributed by atoms with Gasteiger partial charge in [0, 0.05) is 8.07 Å². The Morgan fingerprint density at radius 3 is 2.44 bits per heavy atom. The van der Waals surface area contributed by atoms with Crippen LogP contribution in [-0.2, 0) is 10.8 Å². The third-order valence-corrected chi connectivity index (χ3v) is 3.68. The Morgan fingerprint density at radius 1 is 1.25 bits per heavy atom. The molecule has 0 amide bonds. The first kappa shape index (κ1) is 13.0. The number of hydrogen-bond acceptors (Lipinski definition) is 2. The van der Waals surface area contributed by atoms with Crippen molar-refractivity contribution < 1.29 is 9.53 Å². The average molecular weight is 236 g/mol. The van der Waals surface area contributed by atoms with Crippen LogP contribution in [0.4, 0.5) is 0 Å². The number of esters is 1. The fraction of sp³-hybridized carbons (Fsp3) is 0.462. The molecule has 3 heteroatoms. The predicted molar refractivity (Wildman–Crippen MR) is 69.4 cm³/mol. The summed E-state index contributed by atoms with van der Waals surface area (Å²) in [4.78, 5) is 11.7. The molecule has 0 bridgehead atoms. The Labute approximate surface area is 98.6 Å². The number of rotatable bonds is 4. The van der Waals surface area contributed by atoms with Crippen LogP contribution in [0.1, 0.15) is 22.8 Å². The summed E-state index contributed by atoms with van der Waals surface area (Å²) in [5, 5.41) is 0. The van der Waals surface area contributed by atoms with E-state index in [0.717, 1.165) is 17.2 Å². The van der Waals surface area contributed by atoms with Crippen LogP contribution in [0, 0.1) is 0 Å². The highest BCUT2D eigenvalue weighted by molar-refractivity contribution is 6.75. The third kappa shape index (κ3) is 3.81. The van der Waals surface area contributed by atoms with Gasteiger partial charge in [-0.2, -0.15) is 0 Å². The van der Waals surface area contributed by atoms with Crippen LogP contribution in [-0.4, -0.2) is 20.7 Å². The van der Waals surface area contributed by atoms with Crippen molar-refractivity contribution in [2.24, 2.45) is 0 Å². The van der Waals surface area contributed by atoms with Gasteiger partial charge in [0.2, 0.25) is 0 Å². The number of carbonyl (C=O) groups excluding carboxylic acids is 1. The van der Waals surface area contributed by atoms with Gasteiger partial charge in [-0.3, -0.25) is 0 Å². The molecule has 2 nitrogen and oxygen atoms in total. The van der Waals surface area contributed by atoms with Crippen molar-refractivity contribution in [1.29, 1.82) is 0 Å². The number of carbonyl (C=O) groups is 1. The summed E-state index contributed by atoms with van der Waals surface area (Å²) in [6.45, 7) is 9.16. The molecule has 0 aromatic heterocycles. The number of benzene rings is 1. The third-order valence-electron chi connectivity index (χ3n) is 2.23. The van der Waals surface area contributed by atoms with E-state index in [2.05, 4.69) is 19.6 Å². The zero-order valence-electron chi connectivity index (χ0n) is 10.5. The molecule has 0 atom stereocenters. The highest BCUT2D eigenvalue weighted by Crippen LogP contribution is 2.16. The fourth-order valence-electron chi connectivity index (χ4n) is 1.65. The molecule has 0 N–H and O–H groups in total. The van der Waals surface area contributed by atoms with Gasteiger partial charge in [0.1, 0.15) is 0 Å². The van der Waals surface area contributed by atoms with Crippen molar-refractivity contribution in [3.63, 3.8) is 0 Å². The Hall–Kier alpha value is -1.09. The summed E-state index contributed by atoms with van der Waals surface area (Å²) in [5.41, 5.74) is 1.85. The van der Waals surface area contributed by atoms with E-state index in [1.54, 1.807) is 0 Å². The molecule has 0 fully saturated rings. The SMILES string of the molecule is CCOC(=O)c1ccccc1C[Si](C)(C)C. The molecule has 1 rings (SSSR count). The smallest absolute Gasteiger partial charge is 0.338 e. The van der Waals surface area contributed by atoms with Crippen LogP contribution in [0.25, 0.3) is 0 Å². The predicted octanol–water partition coefficient (Wildman–Crippen LogP) is 3.28. The van der Waals surface area contributed by atoms with E-state index in [4.69, 9.17) is 4.74 Å². The number of ether oxygens (including phenoxy) is 1. The first-order valence-electron chi connectivity index (χ1n) is 5.69. The molecule has 0 aliphatic rings. The average Bonchev–Trinajstić information content (AvgIpc) is 2.16. The van der Waals surface area contributed by atoms with Gasteiger partial charge in [-0.25, -0.2) is 4.79 Å². The molecule has 0 spiro atoms. The second-order valence-electron chi connectivity index (χ2n) is 5.12. The molecule has 16 heavy (non-hydrogen) atoms. The monoisotopic (exact) mass is 236 g/mol. The van der Waals surface area contributed by atoms with Crippen molar-refractivity contribution in [3.8, 4) is 0 Å². The maximum Gasteiger partial charge on any atom is 0.338 e. The van der Waals surface area contributed by atoms with Gasteiger partial charge in [-0.15, -0.1) is 0 Å². The molecule has 1 aromatic rings. The van der Waals surface area contributed by atoms with Crippen LogP contribution in [0.15, 0.2) is 24.3 Å². The molecular weight excluding hydrogens is 216 g/mol. The van der Waals surface area contributed by atoms with Crippen LogP contribution in [0.5, 0.6) is 0 Å². The molecule has 0 aliphatic heterocycles. The second kappa shape index (κ2) is 5.30. The van der Waals surface area contributed by atoms with Crippen LogP contribution in [0.2, 0.25) is 19.6 Å². The van der Waals surface area contributed by atoms with Crippen LogP contribution >= 0.6 is 0 Å². The minimum absolute atomic E-state index is 0.198. The Morgan fingerprint density at radius 2 is 1.88 bits per heavy atom. The summed E-state index contributed by atoms with van der Waals surface area (Å²) >= 11 is 0. The van der Waals surface area contributed by atoms with E-state index in [-0.39, 0.29) is 5.97 Å². The van der Waals surface area contributed by atoms with Crippen molar-refractivity contribution >= 4 is 14.0 Å². The molecule has 0 aliphatic carbocycles. The summed E-state index contributed by atoms with van der Waals surface area (Å²) < 4.78 is 5.06. The van der Waals surface area contributed by atoms with E-state index >= 15 is 0 Å². The quantitative estimate of drug-likeness (QED) is 0.592. The van der Waals surface area contributed by atoms with E-state index in [1.807, 2.05) is 31.2 Å². The highest BCUT2D eigenvalue weighted by atomic mass is 28.3. The largest absolute Gasteiger partial charge is 0.462 e. The molecule has 1 aromatic carbocycles. The minimum Gasteiger partial charge on any atom is -0.462 e. The zero-order chi connectivity index (χ0) is 12.2. The van der Waals surface area contributed by atoms with Crippen molar-refractivity contribution in [3.05, 3.63) is 35.4 Å². The van der Waals surface area contributed by atoms with Gasteiger partial charge in [-0.1, -0.05) is 37.8 Å². The Balaban J connectivity index is 2.96. The van der Waals surface area contributed by atoms with Crippen molar-refractivity contribution in [2.75, 3.05) is 6.61 Å². The second-order valence-corrected chi connectivity index (χ2v) is 10.6. The lowest BCUT2D eigenvalue weighted by molar-refractivity contribution is 0.0525. The Kier molecular flexibility index (Phi) is 4.30. The zero-order valence-corrected chi connectivity index (χ0v) is 11.5. The maximum absolute atomic E-state index is 11.7. The van der Waals surface area contributed by atoms with Gasteiger partial charge in [0.25, 0.3) is 0 Å². The van der Waals surface area contributed by atoms with E-state index in [0.29, 0.717) is 6.61 Å². The molecule has 0 heterocycles. The lowest BCUT2D eigenvalue weighted by Gasteiger charge is -2.17. The normalized spacial score (nSPS) is 11.2. The maximum atomic E-state index is 11.7. The van der Waals surface area contributed by atoms with Crippen molar-refractivity contribution in [1.82, 2.24) is 0 Å². The lowest BCUT2D eigenvalue weighted by atomic mass is 10.1. The first-order valence-corrected chi connectivity index (χ1v) is 9.40. The molecular formula is C13H20O2Si. The highest BCUT2D eigenvalue weighted by Gasteiger charge is 2.19. The number of hydrogen-bond donors (Lipinski definition) is 0. The summed E-state index contributed by atoms with van der Waals surface area (Å²) in [6.07, 6.45) is 0. The minimum atomic E-state index is -1.21. The van der Waals surface area contributed by atoms with Gasteiger partial charge in [0.15, 0.2) is 0 Å². The lowest BCUT2D eigenvalue weighted by Crippen LogP contribution is -2.25. The summed E-state index contributed by atoms with van der Waals surface area (Å²) in [5.74, 6) is -0.198.